The van der Waals surface area contributed by atoms with Gasteiger partial charge in [0, 0.05) is 11.4 Å². The molecule has 0 aliphatic heterocycles. The average Bonchev–Trinajstić information content (AvgIpc) is 2.71. The third kappa shape index (κ3) is 2.66. The third-order valence-corrected chi connectivity index (χ3v) is 4.27. The number of hydrogen-bond donors (Lipinski definition) is 1. The minimum atomic E-state index is 0.791. The van der Waals surface area contributed by atoms with Crippen LogP contribution in [-0.4, -0.2) is 16.5 Å². The van der Waals surface area contributed by atoms with Crippen LogP contribution in [0.3, 0.4) is 0 Å². The maximum absolute atomic E-state index is 4.55. The van der Waals surface area contributed by atoms with Crippen LogP contribution < -0.4 is 5.32 Å². The van der Waals surface area contributed by atoms with Crippen LogP contribution in [-0.2, 0) is 0 Å². The lowest BCUT2D eigenvalue weighted by Crippen LogP contribution is -2.04. The molecule has 90 valence electrons. The molecule has 0 amide bonds. The summed E-state index contributed by atoms with van der Waals surface area (Å²) in [5.41, 5.74) is 0.956. The highest BCUT2D eigenvalue weighted by Crippen LogP contribution is 2.30. The summed E-state index contributed by atoms with van der Waals surface area (Å²) < 4.78 is 0.941. The van der Waals surface area contributed by atoms with Crippen molar-refractivity contribution in [1.29, 1.82) is 0 Å². The van der Waals surface area contributed by atoms with Crippen LogP contribution in [0.25, 0.3) is 10.7 Å². The van der Waals surface area contributed by atoms with Gasteiger partial charge in [0.05, 0.1) is 15.0 Å². The Labute approximate surface area is 113 Å². The number of aryl methyl sites for hydroxylation is 2. The number of nitrogens with zero attached hydrogens (tertiary/aromatic N) is 2. The summed E-state index contributed by atoms with van der Waals surface area (Å²) in [5, 5.41) is 3.24. The summed E-state index contributed by atoms with van der Waals surface area (Å²) in [7, 11) is 0. The van der Waals surface area contributed by atoms with Crippen LogP contribution in [0, 0.1) is 13.8 Å². The maximum Gasteiger partial charge on any atom is 0.171 e. The molecule has 0 aliphatic carbocycles. The molecule has 5 heteroatoms. The number of rotatable bonds is 3. The van der Waals surface area contributed by atoms with Crippen molar-refractivity contribution in [1.82, 2.24) is 9.97 Å². The van der Waals surface area contributed by atoms with Gasteiger partial charge in [0.2, 0.25) is 0 Å². The zero-order chi connectivity index (χ0) is 12.4. The van der Waals surface area contributed by atoms with E-state index < -0.39 is 0 Å². The Bertz CT molecular complexity index is 537. The number of thiophene rings is 1. The number of hydrogen-bond acceptors (Lipinski definition) is 4. The Balaban J connectivity index is 2.48. The van der Waals surface area contributed by atoms with E-state index in [1.807, 2.05) is 6.92 Å². The summed E-state index contributed by atoms with van der Waals surface area (Å²) in [6.45, 7) is 6.97. The summed E-state index contributed by atoms with van der Waals surface area (Å²) >= 11 is 5.22. The molecule has 2 aromatic rings. The number of halogens is 1. The fourth-order valence-electron chi connectivity index (χ4n) is 1.51. The van der Waals surface area contributed by atoms with Gasteiger partial charge < -0.3 is 5.32 Å². The van der Waals surface area contributed by atoms with E-state index in [4.69, 9.17) is 0 Å². The van der Waals surface area contributed by atoms with Crippen molar-refractivity contribution in [3.05, 3.63) is 27.2 Å². The Morgan fingerprint density at radius 3 is 2.65 bits per heavy atom. The summed E-state index contributed by atoms with van der Waals surface area (Å²) in [4.78, 5) is 11.4. The van der Waals surface area contributed by atoms with E-state index in [9.17, 15) is 0 Å². The van der Waals surface area contributed by atoms with Crippen molar-refractivity contribution in [2.75, 3.05) is 11.9 Å². The van der Waals surface area contributed by atoms with Gasteiger partial charge in [0.1, 0.15) is 5.82 Å². The van der Waals surface area contributed by atoms with Crippen molar-refractivity contribution in [3.63, 3.8) is 0 Å². The second-order valence-corrected chi connectivity index (χ2v) is 5.82. The van der Waals surface area contributed by atoms with Crippen LogP contribution in [0.5, 0.6) is 0 Å². The standard InChI is InChI=1S/C12H14BrN3S/c1-4-14-12-10(13)8(3)15-11(16-12)9-6-5-7(2)17-9/h5-6H,4H2,1-3H3,(H,14,15,16). The minimum absolute atomic E-state index is 0.791. The zero-order valence-electron chi connectivity index (χ0n) is 10.0. The summed E-state index contributed by atoms with van der Waals surface area (Å²) in [6, 6.07) is 4.16. The van der Waals surface area contributed by atoms with Gasteiger partial charge in [0.25, 0.3) is 0 Å². The molecule has 0 radical (unpaired) electrons. The molecule has 2 rings (SSSR count). The molecule has 0 fully saturated rings. The molecule has 0 unspecified atom stereocenters. The monoisotopic (exact) mass is 311 g/mol. The Hall–Kier alpha value is -0.940. The highest BCUT2D eigenvalue weighted by atomic mass is 79.9. The van der Waals surface area contributed by atoms with Crippen LogP contribution in [0.1, 0.15) is 17.5 Å². The van der Waals surface area contributed by atoms with E-state index in [2.05, 4.69) is 57.2 Å². The van der Waals surface area contributed by atoms with Crippen LogP contribution in [0.2, 0.25) is 0 Å². The number of anilines is 1. The van der Waals surface area contributed by atoms with Crippen LogP contribution >= 0.6 is 27.3 Å². The highest BCUT2D eigenvalue weighted by molar-refractivity contribution is 9.10. The van der Waals surface area contributed by atoms with E-state index in [1.54, 1.807) is 11.3 Å². The molecule has 1 N–H and O–H groups in total. The van der Waals surface area contributed by atoms with E-state index in [-0.39, 0.29) is 0 Å². The zero-order valence-corrected chi connectivity index (χ0v) is 12.4. The number of nitrogens with one attached hydrogen (secondary N) is 1. The summed E-state index contributed by atoms with van der Waals surface area (Å²) in [5.74, 6) is 1.65. The molecular weight excluding hydrogens is 298 g/mol. The van der Waals surface area contributed by atoms with Gasteiger partial charge in [0.15, 0.2) is 5.82 Å². The van der Waals surface area contributed by atoms with Crippen molar-refractivity contribution < 1.29 is 0 Å². The first-order valence-corrected chi connectivity index (χ1v) is 7.07. The van der Waals surface area contributed by atoms with Gasteiger partial charge in [-0.15, -0.1) is 11.3 Å². The molecule has 0 saturated carbocycles. The Morgan fingerprint density at radius 1 is 1.29 bits per heavy atom. The smallest absolute Gasteiger partial charge is 0.171 e. The molecule has 0 saturated heterocycles. The first-order valence-electron chi connectivity index (χ1n) is 5.46. The van der Waals surface area contributed by atoms with Gasteiger partial charge in [-0.1, -0.05) is 0 Å². The van der Waals surface area contributed by atoms with Gasteiger partial charge in [-0.3, -0.25) is 0 Å². The first-order chi connectivity index (χ1) is 8.11. The van der Waals surface area contributed by atoms with E-state index in [1.165, 1.54) is 4.88 Å². The Morgan fingerprint density at radius 2 is 2.06 bits per heavy atom. The second kappa shape index (κ2) is 5.14. The molecule has 0 atom stereocenters. The predicted molar refractivity (Wildman–Crippen MR) is 76.7 cm³/mol. The van der Waals surface area contributed by atoms with Crippen LogP contribution in [0.4, 0.5) is 5.82 Å². The highest BCUT2D eigenvalue weighted by Gasteiger charge is 2.11. The molecule has 0 aliphatic rings. The van der Waals surface area contributed by atoms with E-state index in [0.29, 0.717) is 0 Å². The lowest BCUT2D eigenvalue weighted by atomic mass is 10.3. The summed E-state index contributed by atoms with van der Waals surface area (Å²) in [6.07, 6.45) is 0. The molecule has 0 bridgehead atoms. The topological polar surface area (TPSA) is 37.8 Å². The van der Waals surface area contributed by atoms with Crippen LogP contribution in [0.15, 0.2) is 16.6 Å². The van der Waals surface area contributed by atoms with Crippen molar-refractivity contribution in [3.8, 4) is 10.7 Å². The van der Waals surface area contributed by atoms with Gasteiger partial charge >= 0.3 is 0 Å². The Kier molecular flexibility index (Phi) is 3.79. The first kappa shape index (κ1) is 12.5. The fraction of sp³-hybridized carbons (Fsp3) is 0.333. The third-order valence-electron chi connectivity index (χ3n) is 2.32. The van der Waals surface area contributed by atoms with Crippen molar-refractivity contribution in [2.45, 2.75) is 20.8 Å². The average molecular weight is 312 g/mol. The second-order valence-electron chi connectivity index (χ2n) is 3.74. The van der Waals surface area contributed by atoms with Gasteiger partial charge in [-0.2, -0.15) is 0 Å². The molecule has 2 aromatic heterocycles. The van der Waals surface area contributed by atoms with Gasteiger partial charge in [-0.05, 0) is 48.8 Å². The lowest BCUT2D eigenvalue weighted by Gasteiger charge is -2.08. The molecule has 3 nitrogen and oxygen atoms in total. The normalized spacial score (nSPS) is 10.6. The van der Waals surface area contributed by atoms with E-state index in [0.717, 1.165) is 33.2 Å². The SMILES string of the molecule is CCNc1nc(-c2ccc(C)s2)nc(C)c1Br. The largest absolute Gasteiger partial charge is 0.369 e. The number of aromatic nitrogens is 2. The molecule has 17 heavy (non-hydrogen) atoms. The lowest BCUT2D eigenvalue weighted by molar-refractivity contribution is 1.07. The quantitative estimate of drug-likeness (QED) is 0.930. The minimum Gasteiger partial charge on any atom is -0.369 e. The fourth-order valence-corrected chi connectivity index (χ4v) is 2.63. The predicted octanol–water partition coefficient (Wildman–Crippen LogP) is 4.02. The molecule has 0 spiro atoms. The maximum atomic E-state index is 4.55. The molecular formula is C12H14BrN3S. The molecule has 0 aromatic carbocycles. The van der Waals surface area contributed by atoms with E-state index >= 15 is 0 Å². The van der Waals surface area contributed by atoms with Crippen molar-refractivity contribution in [2.24, 2.45) is 0 Å². The van der Waals surface area contributed by atoms with Gasteiger partial charge in [-0.25, -0.2) is 9.97 Å². The molecule has 2 heterocycles. The van der Waals surface area contributed by atoms with Crippen molar-refractivity contribution >= 4 is 33.1 Å².